The molecule has 0 spiro atoms. The van der Waals surface area contributed by atoms with Crippen molar-refractivity contribution in [3.05, 3.63) is 0 Å². The summed E-state index contributed by atoms with van der Waals surface area (Å²) in [7, 11) is 0. The lowest BCUT2D eigenvalue weighted by atomic mass is 9.88. The number of hydrogen-bond donors (Lipinski definition) is 1. The van der Waals surface area contributed by atoms with Crippen LogP contribution in [-0.4, -0.2) is 48.6 Å². The second-order valence-corrected chi connectivity index (χ2v) is 7.85. The number of nitrogens with one attached hydrogen (secondary N) is 1. The summed E-state index contributed by atoms with van der Waals surface area (Å²) in [4.78, 5) is 2.69. The monoisotopic (exact) mass is 286 g/mol. The first-order valence-corrected chi connectivity index (χ1v) is 9.38. The Kier molecular flexibility index (Phi) is 8.43. The van der Waals surface area contributed by atoms with Gasteiger partial charge >= 0.3 is 0 Å². The maximum Gasteiger partial charge on any atom is 0.0125 e. The Bertz CT molecular complexity index is 219. The summed E-state index contributed by atoms with van der Waals surface area (Å²) in [6.07, 6.45) is 9.44. The van der Waals surface area contributed by atoms with Crippen molar-refractivity contribution in [1.82, 2.24) is 10.2 Å². The third-order valence-electron chi connectivity index (χ3n) is 4.19. The standard InChI is InChI=1S/C16H34N2S/c1-16(2,3)18(12-10-17-11-13-19-4)14-15-8-6-5-7-9-15/h15,17H,5-14H2,1-4H3. The minimum Gasteiger partial charge on any atom is -0.315 e. The molecule has 0 aliphatic heterocycles. The number of nitrogens with zero attached hydrogens (tertiary/aromatic N) is 1. The molecule has 1 fully saturated rings. The van der Waals surface area contributed by atoms with E-state index in [-0.39, 0.29) is 0 Å². The van der Waals surface area contributed by atoms with Gasteiger partial charge in [0.2, 0.25) is 0 Å². The molecule has 0 radical (unpaired) electrons. The van der Waals surface area contributed by atoms with E-state index in [4.69, 9.17) is 0 Å². The summed E-state index contributed by atoms with van der Waals surface area (Å²) < 4.78 is 0. The predicted molar refractivity (Wildman–Crippen MR) is 89.2 cm³/mol. The molecule has 1 saturated carbocycles. The van der Waals surface area contributed by atoms with Crippen molar-refractivity contribution in [2.75, 3.05) is 38.2 Å². The Morgan fingerprint density at radius 2 is 1.79 bits per heavy atom. The minimum absolute atomic E-state index is 0.304. The van der Waals surface area contributed by atoms with Gasteiger partial charge in [-0.05, 0) is 45.8 Å². The van der Waals surface area contributed by atoms with Gasteiger partial charge in [0.15, 0.2) is 0 Å². The summed E-state index contributed by atoms with van der Waals surface area (Å²) in [6.45, 7) is 11.8. The van der Waals surface area contributed by atoms with E-state index < -0.39 is 0 Å². The van der Waals surface area contributed by atoms with Gasteiger partial charge in [-0.3, -0.25) is 4.90 Å². The van der Waals surface area contributed by atoms with Gasteiger partial charge in [-0.15, -0.1) is 0 Å². The van der Waals surface area contributed by atoms with Gasteiger partial charge in [-0.1, -0.05) is 19.3 Å². The first kappa shape index (κ1) is 17.3. The van der Waals surface area contributed by atoms with E-state index in [1.54, 1.807) is 0 Å². The van der Waals surface area contributed by atoms with Crippen LogP contribution >= 0.6 is 11.8 Å². The molecule has 0 aromatic heterocycles. The Hall–Kier alpha value is 0.270. The third kappa shape index (κ3) is 7.57. The van der Waals surface area contributed by atoms with E-state index in [1.807, 2.05) is 11.8 Å². The van der Waals surface area contributed by atoms with Crippen molar-refractivity contribution < 1.29 is 0 Å². The highest BCUT2D eigenvalue weighted by molar-refractivity contribution is 7.98. The second-order valence-electron chi connectivity index (χ2n) is 6.86. The highest BCUT2D eigenvalue weighted by Gasteiger charge is 2.24. The molecule has 0 bridgehead atoms. The molecule has 3 heteroatoms. The van der Waals surface area contributed by atoms with Crippen LogP contribution in [0.4, 0.5) is 0 Å². The van der Waals surface area contributed by atoms with Crippen molar-refractivity contribution in [1.29, 1.82) is 0 Å². The second kappa shape index (κ2) is 9.25. The van der Waals surface area contributed by atoms with E-state index in [0.29, 0.717) is 5.54 Å². The zero-order valence-electron chi connectivity index (χ0n) is 13.5. The topological polar surface area (TPSA) is 15.3 Å². The Morgan fingerprint density at radius 3 is 2.37 bits per heavy atom. The van der Waals surface area contributed by atoms with E-state index in [9.17, 15) is 0 Å². The van der Waals surface area contributed by atoms with Crippen LogP contribution in [0.15, 0.2) is 0 Å². The Balaban J connectivity index is 2.30. The van der Waals surface area contributed by atoms with Crippen LogP contribution in [0.1, 0.15) is 52.9 Å². The fourth-order valence-corrected chi connectivity index (χ4v) is 3.24. The lowest BCUT2D eigenvalue weighted by Gasteiger charge is -2.39. The number of thioether (sulfide) groups is 1. The summed E-state index contributed by atoms with van der Waals surface area (Å²) in [5, 5.41) is 3.56. The number of rotatable bonds is 8. The van der Waals surface area contributed by atoms with Gasteiger partial charge in [0.1, 0.15) is 0 Å². The van der Waals surface area contributed by atoms with E-state index >= 15 is 0 Å². The molecule has 0 aromatic carbocycles. The first-order valence-electron chi connectivity index (χ1n) is 7.98. The quantitative estimate of drug-likeness (QED) is 0.686. The molecule has 0 amide bonds. The fourth-order valence-electron chi connectivity index (χ4n) is 2.90. The zero-order valence-corrected chi connectivity index (χ0v) is 14.3. The summed E-state index contributed by atoms with van der Waals surface area (Å²) in [5.41, 5.74) is 0.304. The molecule has 1 aliphatic carbocycles. The van der Waals surface area contributed by atoms with Gasteiger partial charge in [0.25, 0.3) is 0 Å². The highest BCUT2D eigenvalue weighted by Crippen LogP contribution is 2.26. The zero-order chi connectivity index (χ0) is 14.1. The predicted octanol–water partition coefficient (Wildman–Crippen LogP) is 3.62. The third-order valence-corrected chi connectivity index (χ3v) is 4.81. The fraction of sp³-hybridized carbons (Fsp3) is 1.00. The molecular formula is C16H34N2S. The Morgan fingerprint density at radius 1 is 1.11 bits per heavy atom. The first-order chi connectivity index (χ1) is 9.04. The molecule has 19 heavy (non-hydrogen) atoms. The molecule has 114 valence electrons. The van der Waals surface area contributed by atoms with Gasteiger partial charge in [0.05, 0.1) is 0 Å². The molecular weight excluding hydrogens is 252 g/mol. The van der Waals surface area contributed by atoms with Crippen LogP contribution in [0.3, 0.4) is 0 Å². The molecule has 0 aromatic rings. The van der Waals surface area contributed by atoms with Crippen LogP contribution in [0.25, 0.3) is 0 Å². The average Bonchev–Trinajstić information content (AvgIpc) is 2.37. The van der Waals surface area contributed by atoms with Crippen LogP contribution in [-0.2, 0) is 0 Å². The molecule has 0 heterocycles. The maximum atomic E-state index is 3.56. The molecule has 1 rings (SSSR count). The molecule has 1 N–H and O–H groups in total. The van der Waals surface area contributed by atoms with Crippen molar-refractivity contribution in [2.45, 2.75) is 58.4 Å². The summed E-state index contributed by atoms with van der Waals surface area (Å²) >= 11 is 1.92. The van der Waals surface area contributed by atoms with E-state index in [1.165, 1.54) is 50.9 Å². The minimum atomic E-state index is 0.304. The van der Waals surface area contributed by atoms with Crippen molar-refractivity contribution >= 4 is 11.8 Å². The normalized spacial score (nSPS) is 18.2. The maximum absolute atomic E-state index is 3.56. The average molecular weight is 287 g/mol. The molecule has 0 saturated heterocycles. The largest absolute Gasteiger partial charge is 0.315 e. The van der Waals surface area contributed by atoms with Crippen LogP contribution in [0, 0.1) is 5.92 Å². The lowest BCUT2D eigenvalue weighted by molar-refractivity contribution is 0.103. The molecule has 0 unspecified atom stereocenters. The van der Waals surface area contributed by atoms with E-state index in [2.05, 4.69) is 37.2 Å². The molecule has 2 nitrogen and oxygen atoms in total. The summed E-state index contributed by atoms with van der Waals surface area (Å²) in [5.74, 6) is 2.16. The highest BCUT2D eigenvalue weighted by atomic mass is 32.2. The van der Waals surface area contributed by atoms with Crippen molar-refractivity contribution in [2.24, 2.45) is 5.92 Å². The molecule has 1 aliphatic rings. The van der Waals surface area contributed by atoms with Crippen molar-refractivity contribution in [3.8, 4) is 0 Å². The van der Waals surface area contributed by atoms with E-state index in [0.717, 1.165) is 19.0 Å². The van der Waals surface area contributed by atoms with Crippen molar-refractivity contribution in [3.63, 3.8) is 0 Å². The van der Waals surface area contributed by atoms with Crippen LogP contribution < -0.4 is 5.32 Å². The van der Waals surface area contributed by atoms with Gasteiger partial charge < -0.3 is 5.32 Å². The lowest BCUT2D eigenvalue weighted by Crippen LogP contribution is -2.47. The van der Waals surface area contributed by atoms with Crippen LogP contribution in [0.5, 0.6) is 0 Å². The molecule has 0 atom stereocenters. The Labute approximate surface area is 125 Å². The SMILES string of the molecule is CSCCNCCN(CC1CCCCC1)C(C)(C)C. The smallest absolute Gasteiger partial charge is 0.0125 e. The van der Waals surface area contributed by atoms with Gasteiger partial charge in [-0.2, -0.15) is 11.8 Å². The number of hydrogen-bond acceptors (Lipinski definition) is 3. The van der Waals surface area contributed by atoms with Gasteiger partial charge in [0, 0.05) is 37.5 Å². The van der Waals surface area contributed by atoms with Crippen LogP contribution in [0.2, 0.25) is 0 Å². The van der Waals surface area contributed by atoms with Gasteiger partial charge in [-0.25, -0.2) is 0 Å². The summed E-state index contributed by atoms with van der Waals surface area (Å²) in [6, 6.07) is 0.